The first-order valence-corrected chi connectivity index (χ1v) is 7.84. The number of nitrogens with zero attached hydrogens (tertiary/aromatic N) is 5. The zero-order valence-electron chi connectivity index (χ0n) is 13.5. The lowest BCUT2D eigenvalue weighted by Crippen LogP contribution is -2.43. The fourth-order valence-corrected chi connectivity index (χ4v) is 2.81. The van der Waals surface area contributed by atoms with Crippen LogP contribution < -0.4 is 21.1 Å². The lowest BCUT2D eigenvalue weighted by molar-refractivity contribution is 0.359. The number of nitrogens with one attached hydrogen (secondary N) is 1. The molecule has 2 atom stereocenters. The van der Waals surface area contributed by atoms with E-state index in [0.717, 1.165) is 25.6 Å². The first-order valence-electron chi connectivity index (χ1n) is 7.84. The lowest BCUT2D eigenvalue weighted by atomic mass is 9.92. The van der Waals surface area contributed by atoms with Crippen molar-refractivity contribution in [3.05, 3.63) is 0 Å². The lowest BCUT2D eigenvalue weighted by Gasteiger charge is -2.38. The molecule has 0 aromatic carbocycles. The quantitative estimate of drug-likeness (QED) is 0.630. The van der Waals surface area contributed by atoms with Gasteiger partial charge >= 0.3 is 0 Å². The summed E-state index contributed by atoms with van der Waals surface area (Å²) in [6, 6.07) is 0.427. The monoisotopic (exact) mass is 293 g/mol. The van der Waals surface area contributed by atoms with Gasteiger partial charge in [-0.05, 0) is 39.5 Å². The number of hydrogen-bond acceptors (Lipinski definition) is 7. The molecule has 0 aliphatic carbocycles. The number of rotatable bonds is 5. The maximum atomic E-state index is 5.52. The van der Waals surface area contributed by atoms with E-state index in [4.69, 9.17) is 5.84 Å². The zero-order valence-corrected chi connectivity index (χ0v) is 13.5. The third kappa shape index (κ3) is 3.34. The minimum absolute atomic E-state index is 0.423. The van der Waals surface area contributed by atoms with Crippen LogP contribution in [-0.4, -0.2) is 40.6 Å². The van der Waals surface area contributed by atoms with Crippen LogP contribution in [0.25, 0.3) is 0 Å². The van der Waals surface area contributed by atoms with Crippen LogP contribution >= 0.6 is 0 Å². The standard InChI is InChI=1S/C14H27N7/c1-5-20(6-2)13-16-12(19-15)17-14(18-13)21-9-7-8-10(3)11(21)4/h10-11H,5-9,15H2,1-4H3,(H,16,17,18,19). The van der Waals surface area contributed by atoms with Crippen molar-refractivity contribution in [2.75, 3.05) is 34.9 Å². The van der Waals surface area contributed by atoms with Crippen LogP contribution in [-0.2, 0) is 0 Å². The van der Waals surface area contributed by atoms with E-state index in [9.17, 15) is 0 Å². The van der Waals surface area contributed by atoms with E-state index < -0.39 is 0 Å². The second kappa shape index (κ2) is 6.89. The van der Waals surface area contributed by atoms with E-state index in [0.29, 0.717) is 23.9 Å². The van der Waals surface area contributed by atoms with Gasteiger partial charge < -0.3 is 9.80 Å². The van der Waals surface area contributed by atoms with Gasteiger partial charge in [0.1, 0.15) is 0 Å². The molecule has 0 radical (unpaired) electrons. The summed E-state index contributed by atoms with van der Waals surface area (Å²) in [6.07, 6.45) is 2.43. The third-order valence-electron chi connectivity index (χ3n) is 4.42. The van der Waals surface area contributed by atoms with Gasteiger partial charge in [-0.25, -0.2) is 5.84 Å². The largest absolute Gasteiger partial charge is 0.341 e. The van der Waals surface area contributed by atoms with Gasteiger partial charge in [-0.2, -0.15) is 15.0 Å². The van der Waals surface area contributed by atoms with Crippen molar-refractivity contribution in [3.8, 4) is 0 Å². The first-order chi connectivity index (χ1) is 10.1. The Kier molecular flexibility index (Phi) is 5.17. The van der Waals surface area contributed by atoms with Crippen LogP contribution in [0.1, 0.15) is 40.5 Å². The molecule has 1 aromatic rings. The molecule has 1 saturated heterocycles. The summed E-state index contributed by atoms with van der Waals surface area (Å²) in [5, 5.41) is 0. The van der Waals surface area contributed by atoms with Crippen molar-refractivity contribution in [1.29, 1.82) is 0 Å². The van der Waals surface area contributed by atoms with Crippen molar-refractivity contribution in [3.63, 3.8) is 0 Å². The van der Waals surface area contributed by atoms with E-state index in [2.05, 4.69) is 57.9 Å². The smallest absolute Gasteiger partial charge is 0.243 e. The highest BCUT2D eigenvalue weighted by atomic mass is 15.4. The van der Waals surface area contributed by atoms with Crippen molar-refractivity contribution >= 4 is 17.8 Å². The van der Waals surface area contributed by atoms with Crippen LogP contribution in [0.3, 0.4) is 0 Å². The predicted molar refractivity (Wildman–Crippen MR) is 86.4 cm³/mol. The summed E-state index contributed by atoms with van der Waals surface area (Å²) in [7, 11) is 0. The molecule has 21 heavy (non-hydrogen) atoms. The molecule has 0 bridgehead atoms. The number of anilines is 3. The highest BCUT2D eigenvalue weighted by Crippen LogP contribution is 2.27. The highest BCUT2D eigenvalue weighted by Gasteiger charge is 2.27. The minimum atomic E-state index is 0.423. The second-order valence-electron chi connectivity index (χ2n) is 5.63. The van der Waals surface area contributed by atoms with Crippen molar-refractivity contribution < 1.29 is 0 Å². The first kappa shape index (κ1) is 15.8. The number of piperidine rings is 1. The van der Waals surface area contributed by atoms with Gasteiger partial charge in [0.2, 0.25) is 17.8 Å². The molecule has 2 unspecified atom stereocenters. The third-order valence-corrected chi connectivity index (χ3v) is 4.42. The molecule has 1 aliphatic rings. The van der Waals surface area contributed by atoms with E-state index in [1.807, 2.05) is 0 Å². The molecule has 3 N–H and O–H groups in total. The Bertz CT molecular complexity index is 461. The number of aromatic nitrogens is 3. The maximum absolute atomic E-state index is 5.52. The number of hydrazine groups is 1. The molecular formula is C14H27N7. The maximum Gasteiger partial charge on any atom is 0.243 e. The van der Waals surface area contributed by atoms with Crippen LogP contribution in [0.2, 0.25) is 0 Å². The molecular weight excluding hydrogens is 266 g/mol. The Balaban J connectivity index is 2.36. The molecule has 0 amide bonds. The molecule has 1 fully saturated rings. The summed E-state index contributed by atoms with van der Waals surface area (Å²) in [5.41, 5.74) is 2.56. The van der Waals surface area contributed by atoms with Crippen molar-refractivity contribution in [2.24, 2.45) is 11.8 Å². The average Bonchev–Trinajstić information content (AvgIpc) is 2.51. The number of hydrogen-bond donors (Lipinski definition) is 2. The molecule has 1 aliphatic heterocycles. The van der Waals surface area contributed by atoms with Gasteiger partial charge in [0, 0.05) is 25.7 Å². The van der Waals surface area contributed by atoms with Gasteiger partial charge in [-0.15, -0.1) is 0 Å². The molecule has 118 valence electrons. The topological polar surface area (TPSA) is 83.2 Å². The summed E-state index contributed by atoms with van der Waals surface area (Å²) >= 11 is 0. The number of nitrogens with two attached hydrogens (primary N) is 1. The molecule has 2 rings (SSSR count). The summed E-state index contributed by atoms with van der Waals surface area (Å²) < 4.78 is 0. The van der Waals surface area contributed by atoms with E-state index >= 15 is 0 Å². The Labute approximate surface area is 126 Å². The molecule has 7 heteroatoms. The fraction of sp³-hybridized carbons (Fsp3) is 0.786. The second-order valence-corrected chi connectivity index (χ2v) is 5.63. The highest BCUT2D eigenvalue weighted by molar-refractivity contribution is 5.45. The Morgan fingerprint density at radius 1 is 1.24 bits per heavy atom. The number of nitrogen functional groups attached to an aromatic ring is 1. The van der Waals surface area contributed by atoms with Gasteiger partial charge in [0.05, 0.1) is 0 Å². The van der Waals surface area contributed by atoms with Crippen LogP contribution in [0.15, 0.2) is 0 Å². The Morgan fingerprint density at radius 3 is 2.57 bits per heavy atom. The average molecular weight is 293 g/mol. The normalized spacial score (nSPS) is 22.2. The molecule has 1 aromatic heterocycles. The Hall–Kier alpha value is -1.63. The fourth-order valence-electron chi connectivity index (χ4n) is 2.81. The predicted octanol–water partition coefficient (Wildman–Crippen LogP) is 1.63. The minimum Gasteiger partial charge on any atom is -0.341 e. The van der Waals surface area contributed by atoms with Gasteiger partial charge in [-0.1, -0.05) is 6.92 Å². The van der Waals surface area contributed by atoms with Crippen LogP contribution in [0.4, 0.5) is 17.8 Å². The van der Waals surface area contributed by atoms with Gasteiger partial charge in [-0.3, -0.25) is 5.43 Å². The SMILES string of the molecule is CCN(CC)c1nc(NN)nc(N2CCCC(C)C2C)n1. The van der Waals surface area contributed by atoms with Crippen molar-refractivity contribution in [2.45, 2.75) is 46.6 Å². The molecule has 2 heterocycles. The van der Waals surface area contributed by atoms with Crippen molar-refractivity contribution in [1.82, 2.24) is 15.0 Å². The van der Waals surface area contributed by atoms with E-state index in [1.54, 1.807) is 0 Å². The molecule has 7 nitrogen and oxygen atoms in total. The molecule has 0 saturated carbocycles. The summed E-state index contributed by atoms with van der Waals surface area (Å²) in [6.45, 7) is 11.4. The zero-order chi connectivity index (χ0) is 15.4. The van der Waals surface area contributed by atoms with E-state index in [-0.39, 0.29) is 0 Å². The van der Waals surface area contributed by atoms with Crippen LogP contribution in [0, 0.1) is 5.92 Å². The van der Waals surface area contributed by atoms with Gasteiger partial charge in [0.15, 0.2) is 0 Å². The van der Waals surface area contributed by atoms with Gasteiger partial charge in [0.25, 0.3) is 0 Å². The Morgan fingerprint density at radius 2 is 1.95 bits per heavy atom. The van der Waals surface area contributed by atoms with E-state index in [1.165, 1.54) is 12.8 Å². The summed E-state index contributed by atoms with van der Waals surface area (Å²) in [5.74, 6) is 7.99. The van der Waals surface area contributed by atoms with Crippen LogP contribution in [0.5, 0.6) is 0 Å². The molecule has 0 spiro atoms. The summed E-state index contributed by atoms with van der Waals surface area (Å²) in [4.78, 5) is 17.9.